The van der Waals surface area contributed by atoms with E-state index in [4.69, 9.17) is 10.5 Å². The molecule has 2 heterocycles. The van der Waals surface area contributed by atoms with Crippen LogP contribution in [0.2, 0.25) is 0 Å². The van der Waals surface area contributed by atoms with Crippen LogP contribution >= 0.6 is 0 Å². The summed E-state index contributed by atoms with van der Waals surface area (Å²) in [6.45, 7) is 5.97. The molecule has 2 aliphatic rings. The van der Waals surface area contributed by atoms with Gasteiger partial charge in [0.2, 0.25) is 5.91 Å². The van der Waals surface area contributed by atoms with Crippen LogP contribution in [-0.4, -0.2) is 18.1 Å². The van der Waals surface area contributed by atoms with Crippen molar-refractivity contribution in [3.05, 3.63) is 29.3 Å². The minimum absolute atomic E-state index is 0.0453. The van der Waals surface area contributed by atoms with Gasteiger partial charge in [-0.05, 0) is 50.8 Å². The van der Waals surface area contributed by atoms with Crippen LogP contribution < -0.4 is 11.1 Å². The maximum absolute atomic E-state index is 12.0. The van der Waals surface area contributed by atoms with E-state index in [9.17, 15) is 4.79 Å². The van der Waals surface area contributed by atoms with Crippen molar-refractivity contribution in [1.29, 1.82) is 0 Å². The molecule has 0 aromatic heterocycles. The predicted molar refractivity (Wildman–Crippen MR) is 78.6 cm³/mol. The Morgan fingerprint density at radius 2 is 2.15 bits per heavy atom. The first-order valence-corrected chi connectivity index (χ1v) is 7.26. The molecule has 1 saturated heterocycles. The second kappa shape index (κ2) is 4.57. The number of ether oxygens (including phenoxy) is 1. The van der Waals surface area contributed by atoms with E-state index < -0.39 is 5.41 Å². The van der Waals surface area contributed by atoms with Crippen molar-refractivity contribution in [2.45, 2.75) is 57.3 Å². The van der Waals surface area contributed by atoms with Crippen LogP contribution in [0, 0.1) is 0 Å². The summed E-state index contributed by atoms with van der Waals surface area (Å²) in [5.74, 6) is 0.0453. The van der Waals surface area contributed by atoms with Crippen LogP contribution in [-0.2, 0) is 14.9 Å². The first kappa shape index (κ1) is 13.6. The molecule has 1 aromatic rings. The number of anilines is 1. The van der Waals surface area contributed by atoms with E-state index in [1.54, 1.807) is 0 Å². The van der Waals surface area contributed by atoms with Gasteiger partial charge in [0.25, 0.3) is 0 Å². The van der Waals surface area contributed by atoms with E-state index in [2.05, 4.69) is 18.3 Å². The number of carbonyl (C=O) groups is 1. The molecule has 4 heteroatoms. The van der Waals surface area contributed by atoms with E-state index in [0.29, 0.717) is 6.10 Å². The summed E-state index contributed by atoms with van der Waals surface area (Å²) in [4.78, 5) is 12.0. The second-order valence-electron chi connectivity index (χ2n) is 6.47. The van der Waals surface area contributed by atoms with Crippen molar-refractivity contribution in [2.75, 3.05) is 5.32 Å². The third-order valence-electron chi connectivity index (χ3n) is 4.58. The van der Waals surface area contributed by atoms with Gasteiger partial charge in [-0.2, -0.15) is 0 Å². The number of hydrogen-bond donors (Lipinski definition) is 2. The molecule has 0 radical (unpaired) electrons. The Bertz CT molecular complexity index is 553. The highest BCUT2D eigenvalue weighted by Crippen LogP contribution is 2.39. The first-order valence-electron chi connectivity index (χ1n) is 7.26. The van der Waals surface area contributed by atoms with E-state index in [1.165, 1.54) is 0 Å². The molecule has 3 atom stereocenters. The lowest BCUT2D eigenvalue weighted by atomic mass is 9.84. The summed E-state index contributed by atoms with van der Waals surface area (Å²) < 4.78 is 5.86. The SMILES string of the molecule is CC1CCC(C(N)c2ccc3c(c2)C(C)(C)C(=O)N3)O1. The Morgan fingerprint density at radius 3 is 2.80 bits per heavy atom. The van der Waals surface area contributed by atoms with Crippen molar-refractivity contribution in [2.24, 2.45) is 5.73 Å². The van der Waals surface area contributed by atoms with Gasteiger partial charge in [-0.3, -0.25) is 4.79 Å². The van der Waals surface area contributed by atoms with Crippen LogP contribution in [0.5, 0.6) is 0 Å². The molecule has 3 rings (SSSR count). The van der Waals surface area contributed by atoms with Gasteiger partial charge in [-0.1, -0.05) is 12.1 Å². The van der Waals surface area contributed by atoms with Crippen molar-refractivity contribution < 1.29 is 9.53 Å². The summed E-state index contributed by atoms with van der Waals surface area (Å²) in [7, 11) is 0. The Morgan fingerprint density at radius 1 is 1.40 bits per heavy atom. The van der Waals surface area contributed by atoms with Gasteiger partial charge in [0.15, 0.2) is 0 Å². The lowest BCUT2D eigenvalue weighted by Crippen LogP contribution is -2.28. The number of benzene rings is 1. The van der Waals surface area contributed by atoms with Crippen LogP contribution in [0.25, 0.3) is 0 Å². The third-order valence-corrected chi connectivity index (χ3v) is 4.58. The van der Waals surface area contributed by atoms with E-state index in [0.717, 1.165) is 29.7 Å². The molecule has 2 aliphatic heterocycles. The highest BCUT2D eigenvalue weighted by molar-refractivity contribution is 6.05. The number of fused-ring (bicyclic) bond motifs is 1. The van der Waals surface area contributed by atoms with Crippen LogP contribution in [0.4, 0.5) is 5.69 Å². The minimum atomic E-state index is -0.491. The standard InChI is InChI=1S/C16H22N2O2/c1-9-4-7-13(20-9)14(17)10-5-6-12-11(8-10)16(2,3)15(19)18-12/h5-6,8-9,13-14H,4,7,17H2,1-3H3,(H,18,19). The second-order valence-corrected chi connectivity index (χ2v) is 6.47. The van der Waals surface area contributed by atoms with Gasteiger partial charge in [0.1, 0.15) is 0 Å². The Balaban J connectivity index is 1.90. The molecule has 0 saturated carbocycles. The summed E-state index contributed by atoms with van der Waals surface area (Å²) in [5.41, 5.74) is 8.84. The molecule has 0 spiro atoms. The molecule has 0 bridgehead atoms. The molecule has 3 unspecified atom stereocenters. The molecule has 20 heavy (non-hydrogen) atoms. The quantitative estimate of drug-likeness (QED) is 0.871. The molecule has 1 fully saturated rings. The number of rotatable bonds is 2. The minimum Gasteiger partial charge on any atom is -0.373 e. The van der Waals surface area contributed by atoms with Gasteiger partial charge in [0.05, 0.1) is 23.7 Å². The van der Waals surface area contributed by atoms with Crippen molar-refractivity contribution in [3.63, 3.8) is 0 Å². The molecule has 1 amide bonds. The summed E-state index contributed by atoms with van der Waals surface area (Å²) in [5, 5.41) is 2.92. The largest absolute Gasteiger partial charge is 0.373 e. The number of nitrogens with two attached hydrogens (primary N) is 1. The fraction of sp³-hybridized carbons (Fsp3) is 0.562. The first-order chi connectivity index (χ1) is 9.39. The van der Waals surface area contributed by atoms with E-state index >= 15 is 0 Å². The van der Waals surface area contributed by atoms with Gasteiger partial charge in [-0.25, -0.2) is 0 Å². The monoisotopic (exact) mass is 274 g/mol. The Hall–Kier alpha value is -1.39. The average Bonchev–Trinajstić information content (AvgIpc) is 2.92. The lowest BCUT2D eigenvalue weighted by molar-refractivity contribution is -0.119. The molecular formula is C16H22N2O2. The molecule has 1 aromatic carbocycles. The lowest BCUT2D eigenvalue weighted by Gasteiger charge is -2.22. The summed E-state index contributed by atoms with van der Waals surface area (Å²) >= 11 is 0. The maximum atomic E-state index is 12.0. The third kappa shape index (κ3) is 2.03. The zero-order chi connectivity index (χ0) is 14.5. The van der Waals surface area contributed by atoms with E-state index in [-0.39, 0.29) is 18.1 Å². The highest BCUT2D eigenvalue weighted by atomic mass is 16.5. The van der Waals surface area contributed by atoms with Crippen molar-refractivity contribution >= 4 is 11.6 Å². The Labute approximate surface area is 119 Å². The molecular weight excluding hydrogens is 252 g/mol. The number of amides is 1. The van der Waals surface area contributed by atoms with E-state index in [1.807, 2.05) is 26.0 Å². The van der Waals surface area contributed by atoms with Gasteiger partial charge >= 0.3 is 0 Å². The topological polar surface area (TPSA) is 64.4 Å². The van der Waals surface area contributed by atoms with Crippen LogP contribution in [0.15, 0.2) is 18.2 Å². The van der Waals surface area contributed by atoms with Gasteiger partial charge in [-0.15, -0.1) is 0 Å². The molecule has 0 aliphatic carbocycles. The predicted octanol–water partition coefficient (Wildman–Crippen LogP) is 2.48. The van der Waals surface area contributed by atoms with Crippen molar-refractivity contribution in [3.8, 4) is 0 Å². The molecule has 3 N–H and O–H groups in total. The van der Waals surface area contributed by atoms with Crippen LogP contribution in [0.1, 0.15) is 50.8 Å². The number of hydrogen-bond acceptors (Lipinski definition) is 3. The Kier molecular flexibility index (Phi) is 3.10. The van der Waals surface area contributed by atoms with Crippen LogP contribution in [0.3, 0.4) is 0 Å². The number of carbonyl (C=O) groups excluding carboxylic acids is 1. The molecule has 4 nitrogen and oxygen atoms in total. The fourth-order valence-electron chi connectivity index (χ4n) is 3.11. The van der Waals surface area contributed by atoms with Crippen molar-refractivity contribution in [1.82, 2.24) is 0 Å². The maximum Gasteiger partial charge on any atom is 0.234 e. The smallest absolute Gasteiger partial charge is 0.234 e. The zero-order valence-electron chi connectivity index (χ0n) is 12.3. The van der Waals surface area contributed by atoms with Gasteiger partial charge in [0, 0.05) is 5.69 Å². The summed E-state index contributed by atoms with van der Waals surface area (Å²) in [6, 6.07) is 5.88. The number of nitrogens with one attached hydrogen (secondary N) is 1. The average molecular weight is 274 g/mol. The normalized spacial score (nSPS) is 29.1. The molecule has 108 valence electrons. The highest BCUT2D eigenvalue weighted by Gasteiger charge is 2.39. The van der Waals surface area contributed by atoms with Gasteiger partial charge < -0.3 is 15.8 Å². The summed E-state index contributed by atoms with van der Waals surface area (Å²) in [6.07, 6.45) is 2.44. The fourth-order valence-corrected chi connectivity index (χ4v) is 3.11. The zero-order valence-corrected chi connectivity index (χ0v) is 12.3.